The van der Waals surface area contributed by atoms with Gasteiger partial charge in [0.15, 0.2) is 11.1 Å². The fraction of sp³-hybridized carbons (Fsp3) is 0.0870. The van der Waals surface area contributed by atoms with Gasteiger partial charge in [0.05, 0.1) is 15.5 Å². The average Bonchev–Trinajstić information content (AvgIpc) is 3.20. The van der Waals surface area contributed by atoms with Crippen molar-refractivity contribution in [1.82, 2.24) is 4.98 Å². The molecule has 1 heterocycles. The molecule has 29 heavy (non-hydrogen) atoms. The zero-order chi connectivity index (χ0) is 20.4. The summed E-state index contributed by atoms with van der Waals surface area (Å²) in [7, 11) is 0. The third kappa shape index (κ3) is 4.33. The molecule has 0 aliphatic carbocycles. The molecule has 0 amide bonds. The van der Waals surface area contributed by atoms with Crippen LogP contribution in [0.3, 0.4) is 0 Å². The van der Waals surface area contributed by atoms with Crippen LogP contribution in [0.5, 0.6) is 0 Å². The summed E-state index contributed by atoms with van der Waals surface area (Å²) in [6, 6.07) is 23.1. The Morgan fingerprint density at radius 3 is 2.31 bits per heavy atom. The van der Waals surface area contributed by atoms with E-state index < -0.39 is 11.1 Å². The summed E-state index contributed by atoms with van der Waals surface area (Å²) < 4.78 is 21.0. The van der Waals surface area contributed by atoms with Crippen molar-refractivity contribution in [3.63, 3.8) is 0 Å². The number of nitrogens with zero attached hydrogens (tertiary/aromatic N) is 1. The van der Waals surface area contributed by atoms with E-state index in [9.17, 15) is 8.76 Å². The Morgan fingerprint density at radius 1 is 0.966 bits per heavy atom. The molecule has 0 spiro atoms. The Balaban J connectivity index is 1.87. The van der Waals surface area contributed by atoms with Crippen molar-refractivity contribution >= 4 is 34.0 Å². The molecule has 0 saturated carbocycles. The number of rotatable bonds is 5. The highest BCUT2D eigenvalue weighted by atomic mass is 35.5. The van der Waals surface area contributed by atoms with Gasteiger partial charge in [-0.1, -0.05) is 67.1 Å². The first-order valence-corrected chi connectivity index (χ1v) is 11.4. The van der Waals surface area contributed by atoms with Crippen molar-refractivity contribution < 1.29 is 8.76 Å². The topological polar surface area (TPSA) is 50.2 Å². The van der Waals surface area contributed by atoms with Gasteiger partial charge in [0.2, 0.25) is 0 Å². The molecule has 3 nitrogen and oxygen atoms in total. The van der Waals surface area contributed by atoms with E-state index >= 15 is 0 Å². The second-order valence-electron chi connectivity index (χ2n) is 6.53. The number of hydrogen-bond donors (Lipinski definition) is 1. The van der Waals surface area contributed by atoms with E-state index in [4.69, 9.17) is 16.6 Å². The quantitative estimate of drug-likeness (QED) is 0.342. The van der Waals surface area contributed by atoms with Crippen LogP contribution < -0.4 is 0 Å². The highest BCUT2D eigenvalue weighted by molar-refractivity contribution is 7.79. The van der Waals surface area contributed by atoms with Gasteiger partial charge in [-0.3, -0.25) is 0 Å². The summed E-state index contributed by atoms with van der Waals surface area (Å²) in [6.45, 7) is 2.13. The summed E-state index contributed by atoms with van der Waals surface area (Å²) in [5, 5.41) is 1.58. The molecule has 1 N–H and O–H groups in total. The van der Waals surface area contributed by atoms with Crippen LogP contribution in [0.1, 0.15) is 12.5 Å². The van der Waals surface area contributed by atoms with Crippen LogP contribution in [0, 0.1) is 0 Å². The van der Waals surface area contributed by atoms with Crippen molar-refractivity contribution in [3.8, 4) is 32.3 Å². The lowest BCUT2D eigenvalue weighted by atomic mass is 10.1. The largest absolute Gasteiger partial charge is 0.302 e. The van der Waals surface area contributed by atoms with Crippen molar-refractivity contribution in [3.05, 3.63) is 83.4 Å². The maximum absolute atomic E-state index is 11.5. The Kier molecular flexibility index (Phi) is 5.92. The second-order valence-corrected chi connectivity index (χ2v) is 8.94. The van der Waals surface area contributed by atoms with Gasteiger partial charge >= 0.3 is 0 Å². The average molecular weight is 440 g/mol. The SMILES string of the molecule is CCc1ccc(-c2nc(-c3cccc(S(=O)O)c3)c(-c3ccc(Cl)cc3)s2)cc1. The van der Waals surface area contributed by atoms with Gasteiger partial charge in [-0.2, -0.15) is 0 Å². The molecule has 146 valence electrons. The monoisotopic (exact) mass is 439 g/mol. The summed E-state index contributed by atoms with van der Waals surface area (Å²) >= 11 is 5.63. The molecule has 6 heteroatoms. The molecule has 0 radical (unpaired) electrons. The number of benzene rings is 3. The van der Waals surface area contributed by atoms with Crippen molar-refractivity contribution in [2.45, 2.75) is 18.2 Å². The van der Waals surface area contributed by atoms with E-state index in [1.165, 1.54) is 5.56 Å². The standard InChI is InChI=1S/C23H18ClNO2S2/c1-2-15-6-8-17(9-7-15)23-25-21(18-4-3-5-20(14-18)29(26)27)22(28-23)16-10-12-19(24)13-11-16/h3-14H,2H2,1H3,(H,26,27). The van der Waals surface area contributed by atoms with Crippen LogP contribution in [-0.2, 0) is 17.5 Å². The van der Waals surface area contributed by atoms with Gasteiger partial charge < -0.3 is 4.55 Å². The number of thiazole rings is 1. The molecule has 1 unspecified atom stereocenters. The Bertz CT molecular complexity index is 1170. The van der Waals surface area contributed by atoms with Gasteiger partial charge in [0, 0.05) is 16.1 Å². The molecule has 4 rings (SSSR count). The van der Waals surface area contributed by atoms with Gasteiger partial charge in [0.25, 0.3) is 0 Å². The molecule has 1 atom stereocenters. The first-order chi connectivity index (χ1) is 14.0. The van der Waals surface area contributed by atoms with Gasteiger partial charge in [-0.15, -0.1) is 11.3 Å². The zero-order valence-electron chi connectivity index (χ0n) is 15.6. The lowest BCUT2D eigenvalue weighted by Gasteiger charge is -2.04. The smallest absolute Gasteiger partial charge is 0.186 e. The normalized spacial score (nSPS) is 12.1. The molecule has 0 saturated heterocycles. The van der Waals surface area contributed by atoms with Crippen LogP contribution in [0.15, 0.2) is 77.7 Å². The second kappa shape index (κ2) is 8.59. The minimum Gasteiger partial charge on any atom is -0.302 e. The minimum atomic E-state index is -2.04. The van der Waals surface area contributed by atoms with Crippen LogP contribution in [-0.4, -0.2) is 13.7 Å². The van der Waals surface area contributed by atoms with E-state index in [0.717, 1.165) is 38.7 Å². The number of halogens is 1. The van der Waals surface area contributed by atoms with Crippen LogP contribution in [0.25, 0.3) is 32.3 Å². The first-order valence-electron chi connectivity index (χ1n) is 9.12. The molecule has 0 bridgehead atoms. The molecule has 3 aromatic carbocycles. The minimum absolute atomic E-state index is 0.353. The fourth-order valence-electron chi connectivity index (χ4n) is 3.07. The molecule has 0 aliphatic heterocycles. The molecule has 1 aromatic heterocycles. The van der Waals surface area contributed by atoms with E-state index in [0.29, 0.717) is 9.92 Å². The molecular formula is C23H18ClNO2S2. The molecule has 0 fully saturated rings. The van der Waals surface area contributed by atoms with Crippen LogP contribution in [0.2, 0.25) is 5.02 Å². The summed E-state index contributed by atoms with van der Waals surface area (Å²) in [5.74, 6) is 0. The Morgan fingerprint density at radius 2 is 1.66 bits per heavy atom. The predicted molar refractivity (Wildman–Crippen MR) is 122 cm³/mol. The lowest BCUT2D eigenvalue weighted by molar-refractivity contribution is 0.564. The fourth-order valence-corrected chi connectivity index (χ4v) is 4.72. The highest BCUT2D eigenvalue weighted by Crippen LogP contribution is 2.41. The highest BCUT2D eigenvalue weighted by Gasteiger charge is 2.17. The summed E-state index contributed by atoms with van der Waals surface area (Å²) in [6.07, 6.45) is 0.991. The van der Waals surface area contributed by atoms with Gasteiger partial charge in [0.1, 0.15) is 5.01 Å². The molecule has 4 aromatic rings. The zero-order valence-corrected chi connectivity index (χ0v) is 18.0. The summed E-state index contributed by atoms with van der Waals surface area (Å²) in [5.41, 5.74) is 4.94. The van der Waals surface area contributed by atoms with Crippen LogP contribution in [0.4, 0.5) is 0 Å². The van der Waals surface area contributed by atoms with Gasteiger partial charge in [-0.05, 0) is 41.8 Å². The number of hydrogen-bond acceptors (Lipinski definition) is 3. The number of aromatic nitrogens is 1. The van der Waals surface area contributed by atoms with Crippen molar-refractivity contribution in [2.75, 3.05) is 0 Å². The van der Waals surface area contributed by atoms with E-state index in [-0.39, 0.29) is 0 Å². The Labute approximate surface area is 181 Å². The third-order valence-corrected chi connectivity index (χ3v) is 6.71. The third-order valence-electron chi connectivity index (χ3n) is 4.65. The van der Waals surface area contributed by atoms with Crippen molar-refractivity contribution in [1.29, 1.82) is 0 Å². The predicted octanol–water partition coefficient (Wildman–Crippen LogP) is 6.94. The van der Waals surface area contributed by atoms with E-state index in [2.05, 4.69) is 31.2 Å². The molecule has 0 aliphatic rings. The Hall–Kier alpha value is -2.31. The van der Waals surface area contributed by atoms with Gasteiger partial charge in [-0.25, -0.2) is 9.19 Å². The lowest BCUT2D eigenvalue weighted by Crippen LogP contribution is -1.90. The maximum Gasteiger partial charge on any atom is 0.186 e. The summed E-state index contributed by atoms with van der Waals surface area (Å²) in [4.78, 5) is 6.26. The van der Waals surface area contributed by atoms with Crippen LogP contribution >= 0.6 is 22.9 Å². The van der Waals surface area contributed by atoms with E-state index in [1.54, 1.807) is 29.5 Å². The molecular weight excluding hydrogens is 422 g/mol. The maximum atomic E-state index is 11.5. The number of aryl methyl sites for hydroxylation is 1. The van der Waals surface area contributed by atoms with E-state index in [1.807, 2.05) is 30.3 Å². The first kappa shape index (κ1) is 20.0. The van der Waals surface area contributed by atoms with Crippen molar-refractivity contribution in [2.24, 2.45) is 0 Å².